The Morgan fingerprint density at radius 2 is 2.24 bits per heavy atom. The van der Waals surface area contributed by atoms with Gasteiger partial charge in [-0.05, 0) is 36.4 Å². The van der Waals surface area contributed by atoms with Crippen LogP contribution < -0.4 is 5.32 Å². The van der Waals surface area contributed by atoms with Gasteiger partial charge in [0.25, 0.3) is 0 Å². The molecular weight excluding hydrogens is 241 g/mol. The molecule has 1 unspecified atom stereocenters. The highest BCUT2D eigenvalue weighted by Gasteiger charge is 2.16. The van der Waals surface area contributed by atoms with Crippen LogP contribution in [0.15, 0.2) is 41.0 Å². The van der Waals surface area contributed by atoms with Crippen molar-refractivity contribution < 1.29 is 8.81 Å². The molecule has 17 heavy (non-hydrogen) atoms. The van der Waals surface area contributed by atoms with E-state index in [1.54, 1.807) is 18.4 Å². The Bertz CT molecular complexity index is 484. The van der Waals surface area contributed by atoms with E-state index in [4.69, 9.17) is 16.0 Å². The summed E-state index contributed by atoms with van der Waals surface area (Å²) in [6.45, 7) is 2.78. The van der Waals surface area contributed by atoms with Crippen molar-refractivity contribution >= 4 is 11.6 Å². The fourth-order valence-electron chi connectivity index (χ4n) is 1.73. The Morgan fingerprint density at radius 3 is 2.82 bits per heavy atom. The zero-order valence-corrected chi connectivity index (χ0v) is 10.2. The number of rotatable bonds is 4. The Balaban J connectivity index is 2.35. The van der Waals surface area contributed by atoms with Crippen molar-refractivity contribution in [3.8, 4) is 0 Å². The van der Waals surface area contributed by atoms with Crippen LogP contribution in [0.2, 0.25) is 5.02 Å². The molecule has 2 rings (SSSR count). The van der Waals surface area contributed by atoms with E-state index in [0.717, 1.165) is 17.9 Å². The lowest BCUT2D eigenvalue weighted by molar-refractivity contribution is 0.452. The standard InChI is InChI=1S/C13H13ClFNO/c1-2-16-13(12-4-3-7-17-12)9-5-6-11(15)10(14)8-9/h3-8,13,16H,2H2,1H3. The van der Waals surface area contributed by atoms with Gasteiger partial charge in [0.1, 0.15) is 11.6 Å². The van der Waals surface area contributed by atoms with Gasteiger partial charge >= 0.3 is 0 Å². The van der Waals surface area contributed by atoms with Crippen LogP contribution in [-0.2, 0) is 0 Å². The van der Waals surface area contributed by atoms with Gasteiger partial charge in [-0.25, -0.2) is 4.39 Å². The van der Waals surface area contributed by atoms with Gasteiger partial charge < -0.3 is 9.73 Å². The SMILES string of the molecule is CCNC(c1ccc(F)c(Cl)c1)c1ccco1. The quantitative estimate of drug-likeness (QED) is 0.897. The second-order valence-electron chi connectivity index (χ2n) is 3.68. The third-order valence-electron chi connectivity index (χ3n) is 2.51. The number of hydrogen-bond donors (Lipinski definition) is 1. The second-order valence-corrected chi connectivity index (χ2v) is 4.09. The molecule has 0 aliphatic rings. The number of halogens is 2. The number of nitrogens with one attached hydrogen (secondary N) is 1. The lowest BCUT2D eigenvalue weighted by atomic mass is 10.0. The summed E-state index contributed by atoms with van der Waals surface area (Å²) < 4.78 is 18.5. The molecule has 2 nitrogen and oxygen atoms in total. The molecule has 0 aliphatic heterocycles. The van der Waals surface area contributed by atoms with Crippen molar-refractivity contribution in [1.82, 2.24) is 5.32 Å². The van der Waals surface area contributed by atoms with Gasteiger partial charge in [-0.15, -0.1) is 0 Å². The molecule has 0 radical (unpaired) electrons. The minimum atomic E-state index is -0.412. The predicted molar refractivity (Wildman–Crippen MR) is 65.6 cm³/mol. The summed E-state index contributed by atoms with van der Waals surface area (Å²) in [4.78, 5) is 0. The van der Waals surface area contributed by atoms with Gasteiger partial charge in [-0.1, -0.05) is 24.6 Å². The highest BCUT2D eigenvalue weighted by Crippen LogP contribution is 2.26. The average Bonchev–Trinajstić information content (AvgIpc) is 2.83. The summed E-state index contributed by atoms with van der Waals surface area (Å²) in [6.07, 6.45) is 1.62. The minimum absolute atomic E-state index is 0.104. The molecule has 0 amide bonds. The number of hydrogen-bond acceptors (Lipinski definition) is 2. The Labute approximate surface area is 104 Å². The third kappa shape index (κ3) is 2.68. The average molecular weight is 254 g/mol. The maximum atomic E-state index is 13.1. The molecular formula is C13H13ClFNO. The van der Waals surface area contributed by atoms with Crippen molar-refractivity contribution in [1.29, 1.82) is 0 Å². The van der Waals surface area contributed by atoms with Crippen molar-refractivity contribution in [2.24, 2.45) is 0 Å². The summed E-state index contributed by atoms with van der Waals surface area (Å²) >= 11 is 5.79. The lowest BCUT2D eigenvalue weighted by Crippen LogP contribution is -2.21. The van der Waals surface area contributed by atoms with E-state index in [2.05, 4.69) is 5.32 Å². The second kappa shape index (κ2) is 5.34. The predicted octanol–water partition coefficient (Wildman–Crippen LogP) is 3.77. The fourth-order valence-corrected chi connectivity index (χ4v) is 1.92. The molecule has 0 fully saturated rings. The molecule has 1 heterocycles. The smallest absolute Gasteiger partial charge is 0.141 e. The molecule has 0 saturated carbocycles. The minimum Gasteiger partial charge on any atom is -0.467 e. The normalized spacial score (nSPS) is 12.6. The van der Waals surface area contributed by atoms with Gasteiger partial charge in [0.15, 0.2) is 0 Å². The van der Waals surface area contributed by atoms with Gasteiger partial charge in [-0.3, -0.25) is 0 Å². The zero-order valence-electron chi connectivity index (χ0n) is 9.41. The van der Waals surface area contributed by atoms with Crippen molar-refractivity contribution in [2.45, 2.75) is 13.0 Å². The summed E-state index contributed by atoms with van der Waals surface area (Å²) in [6, 6.07) is 8.29. The first-order chi connectivity index (χ1) is 8.22. The molecule has 1 atom stereocenters. The molecule has 0 bridgehead atoms. The molecule has 1 aromatic heterocycles. The van der Waals surface area contributed by atoms with E-state index < -0.39 is 5.82 Å². The first kappa shape index (κ1) is 12.1. The molecule has 90 valence electrons. The molecule has 2 aromatic rings. The molecule has 0 aliphatic carbocycles. The maximum absolute atomic E-state index is 13.1. The molecule has 1 N–H and O–H groups in total. The highest BCUT2D eigenvalue weighted by atomic mass is 35.5. The van der Waals surface area contributed by atoms with Gasteiger partial charge in [-0.2, -0.15) is 0 Å². The number of furan rings is 1. The maximum Gasteiger partial charge on any atom is 0.141 e. The van der Waals surface area contributed by atoms with Crippen LogP contribution in [0, 0.1) is 5.82 Å². The van der Waals surface area contributed by atoms with E-state index in [1.807, 2.05) is 19.1 Å². The number of benzene rings is 1. The Kier molecular flexibility index (Phi) is 3.82. The lowest BCUT2D eigenvalue weighted by Gasteiger charge is -2.16. The van der Waals surface area contributed by atoms with E-state index in [1.165, 1.54) is 6.07 Å². The van der Waals surface area contributed by atoms with Crippen molar-refractivity contribution in [3.05, 3.63) is 58.8 Å². The molecule has 0 saturated heterocycles. The van der Waals surface area contributed by atoms with Crippen LogP contribution in [0.1, 0.15) is 24.3 Å². The molecule has 0 spiro atoms. The molecule has 4 heteroatoms. The van der Waals surface area contributed by atoms with Crippen LogP contribution >= 0.6 is 11.6 Å². The van der Waals surface area contributed by atoms with Crippen LogP contribution in [0.3, 0.4) is 0 Å². The summed E-state index contributed by atoms with van der Waals surface area (Å²) in [5.41, 5.74) is 0.883. The van der Waals surface area contributed by atoms with Gasteiger partial charge in [0.2, 0.25) is 0 Å². The summed E-state index contributed by atoms with van der Waals surface area (Å²) in [5, 5.41) is 3.40. The Morgan fingerprint density at radius 1 is 1.41 bits per heavy atom. The van der Waals surface area contributed by atoms with E-state index >= 15 is 0 Å². The van der Waals surface area contributed by atoms with Crippen LogP contribution in [0.25, 0.3) is 0 Å². The van der Waals surface area contributed by atoms with E-state index in [9.17, 15) is 4.39 Å². The van der Waals surface area contributed by atoms with Crippen molar-refractivity contribution in [2.75, 3.05) is 6.54 Å². The van der Waals surface area contributed by atoms with Gasteiger partial charge in [0.05, 0.1) is 17.3 Å². The molecule has 1 aromatic carbocycles. The Hall–Kier alpha value is -1.32. The fraction of sp³-hybridized carbons (Fsp3) is 0.231. The first-order valence-electron chi connectivity index (χ1n) is 5.44. The first-order valence-corrected chi connectivity index (χ1v) is 5.82. The third-order valence-corrected chi connectivity index (χ3v) is 2.80. The highest BCUT2D eigenvalue weighted by molar-refractivity contribution is 6.30. The summed E-state index contributed by atoms with van der Waals surface area (Å²) in [7, 11) is 0. The van der Waals surface area contributed by atoms with Crippen molar-refractivity contribution in [3.63, 3.8) is 0 Å². The monoisotopic (exact) mass is 253 g/mol. The largest absolute Gasteiger partial charge is 0.467 e. The van der Waals surface area contributed by atoms with Crippen LogP contribution in [0.5, 0.6) is 0 Å². The topological polar surface area (TPSA) is 25.2 Å². The summed E-state index contributed by atoms with van der Waals surface area (Å²) in [5.74, 6) is 0.375. The van der Waals surface area contributed by atoms with Crippen LogP contribution in [-0.4, -0.2) is 6.54 Å². The van der Waals surface area contributed by atoms with E-state index in [-0.39, 0.29) is 11.1 Å². The van der Waals surface area contributed by atoms with E-state index in [0.29, 0.717) is 0 Å². The van der Waals surface area contributed by atoms with Gasteiger partial charge in [0, 0.05) is 0 Å². The zero-order chi connectivity index (χ0) is 12.3. The van der Waals surface area contributed by atoms with Crippen LogP contribution in [0.4, 0.5) is 4.39 Å².